The number of pyridine rings is 1. The Morgan fingerprint density at radius 2 is 2.00 bits per heavy atom. The third kappa shape index (κ3) is 5.47. The molecule has 0 bridgehead atoms. The summed E-state index contributed by atoms with van der Waals surface area (Å²) in [7, 11) is 1.58. The van der Waals surface area contributed by atoms with Gasteiger partial charge in [-0.3, -0.25) is 4.79 Å². The van der Waals surface area contributed by atoms with E-state index in [9.17, 15) is 22.8 Å². The monoisotopic (exact) mass is 441 g/mol. The fourth-order valence-corrected chi connectivity index (χ4v) is 2.85. The largest absolute Gasteiger partial charge is 0.417 e. The normalized spacial score (nSPS) is 14.0. The zero-order chi connectivity index (χ0) is 22.5. The van der Waals surface area contributed by atoms with E-state index in [0.29, 0.717) is 29.8 Å². The minimum atomic E-state index is -4.63. The number of carbonyl (C=O) groups is 2. The van der Waals surface area contributed by atoms with Crippen molar-refractivity contribution in [3.8, 4) is 0 Å². The molecule has 0 aliphatic heterocycles. The zero-order valence-corrected chi connectivity index (χ0v) is 16.8. The summed E-state index contributed by atoms with van der Waals surface area (Å²) in [5.41, 5.74) is 4.20. The standard InChI is InChI=1S/C19H19ClF3N5O2/c1-18(6-7-29,28-17(24)25-2)11-4-3-5-13(8-11)27-16(30)15-14(20)9-12(10-26-15)19(21,22)23/h3-5,7-10H,6H2,1-2H3,(H,27,30)(H3,24,25,28). The summed E-state index contributed by atoms with van der Waals surface area (Å²) in [6, 6.07) is 7.10. The van der Waals surface area contributed by atoms with E-state index < -0.39 is 28.2 Å². The highest BCUT2D eigenvalue weighted by Crippen LogP contribution is 2.32. The third-order valence-corrected chi connectivity index (χ3v) is 4.52. The number of hydrogen-bond donors (Lipinski definition) is 3. The van der Waals surface area contributed by atoms with E-state index in [1.807, 2.05) is 0 Å². The highest BCUT2D eigenvalue weighted by molar-refractivity contribution is 6.34. The zero-order valence-electron chi connectivity index (χ0n) is 16.0. The maximum Gasteiger partial charge on any atom is 0.417 e. The molecule has 11 heteroatoms. The van der Waals surface area contributed by atoms with Crippen LogP contribution in [0.3, 0.4) is 0 Å². The SMILES string of the molecule is CN/C(N)=N\C(C)(CC=O)c1cccc(NC(=O)c2ncc(C(F)(F)F)cc2Cl)c1. The molecule has 30 heavy (non-hydrogen) atoms. The number of rotatable bonds is 6. The van der Waals surface area contributed by atoms with Gasteiger partial charge in [-0.2, -0.15) is 13.2 Å². The number of benzene rings is 1. The van der Waals surface area contributed by atoms with Gasteiger partial charge in [-0.05, 0) is 30.7 Å². The molecular weight excluding hydrogens is 423 g/mol. The van der Waals surface area contributed by atoms with Gasteiger partial charge in [-0.1, -0.05) is 23.7 Å². The summed E-state index contributed by atoms with van der Waals surface area (Å²) in [6.07, 6.45) is -3.37. The number of nitrogens with zero attached hydrogens (tertiary/aromatic N) is 2. The number of aldehydes is 1. The van der Waals surface area contributed by atoms with Gasteiger partial charge in [0.15, 0.2) is 5.96 Å². The van der Waals surface area contributed by atoms with Crippen molar-refractivity contribution in [1.29, 1.82) is 0 Å². The lowest BCUT2D eigenvalue weighted by atomic mass is 9.89. The van der Waals surface area contributed by atoms with Crippen molar-refractivity contribution in [2.24, 2.45) is 10.7 Å². The fraction of sp³-hybridized carbons (Fsp3) is 0.263. The Hall–Kier alpha value is -3.14. The predicted octanol–water partition coefficient (Wildman–Crippen LogP) is 3.34. The molecule has 160 valence electrons. The maximum absolute atomic E-state index is 12.7. The molecule has 0 saturated carbocycles. The highest BCUT2D eigenvalue weighted by Gasteiger charge is 2.32. The quantitative estimate of drug-likeness (QED) is 0.362. The lowest BCUT2D eigenvalue weighted by Gasteiger charge is -2.25. The molecule has 0 aliphatic carbocycles. The average molecular weight is 442 g/mol. The van der Waals surface area contributed by atoms with Crippen LogP contribution in [0.5, 0.6) is 0 Å². The summed E-state index contributed by atoms with van der Waals surface area (Å²) < 4.78 is 38.2. The van der Waals surface area contributed by atoms with Crippen molar-refractivity contribution in [2.45, 2.75) is 25.1 Å². The number of alkyl halides is 3. The lowest BCUT2D eigenvalue weighted by molar-refractivity contribution is -0.137. The molecule has 0 saturated heterocycles. The smallest absolute Gasteiger partial charge is 0.370 e. The van der Waals surface area contributed by atoms with Gasteiger partial charge in [0.1, 0.15) is 12.0 Å². The van der Waals surface area contributed by atoms with Crippen molar-refractivity contribution in [1.82, 2.24) is 10.3 Å². The summed E-state index contributed by atoms with van der Waals surface area (Å²) >= 11 is 5.81. The first kappa shape index (κ1) is 23.1. The van der Waals surface area contributed by atoms with Crippen molar-refractivity contribution in [3.05, 3.63) is 58.4 Å². The molecule has 2 rings (SSSR count). The molecule has 1 unspecified atom stereocenters. The minimum absolute atomic E-state index is 0.0269. The molecular formula is C19H19ClF3N5O2. The summed E-state index contributed by atoms with van der Waals surface area (Å²) in [5, 5.41) is 4.77. The van der Waals surface area contributed by atoms with Crippen molar-refractivity contribution in [2.75, 3.05) is 12.4 Å². The number of amides is 1. The lowest BCUT2D eigenvalue weighted by Crippen LogP contribution is -2.33. The van der Waals surface area contributed by atoms with E-state index >= 15 is 0 Å². The Kier molecular flexibility index (Phi) is 7.04. The number of aromatic nitrogens is 1. The number of nitrogens with two attached hydrogens (primary N) is 1. The Morgan fingerprint density at radius 1 is 1.30 bits per heavy atom. The van der Waals surface area contributed by atoms with Gasteiger partial charge >= 0.3 is 6.18 Å². The van der Waals surface area contributed by atoms with Crippen LogP contribution >= 0.6 is 11.6 Å². The molecule has 1 aromatic heterocycles. The highest BCUT2D eigenvalue weighted by atomic mass is 35.5. The Balaban J connectivity index is 2.32. The van der Waals surface area contributed by atoms with Crippen LogP contribution in [0.2, 0.25) is 5.02 Å². The second-order valence-corrected chi connectivity index (χ2v) is 6.89. The number of aliphatic imine (C=N–C) groups is 1. The second kappa shape index (κ2) is 9.12. The molecule has 2 aromatic rings. The summed E-state index contributed by atoms with van der Waals surface area (Å²) in [4.78, 5) is 31.4. The van der Waals surface area contributed by atoms with E-state index in [0.717, 1.165) is 0 Å². The van der Waals surface area contributed by atoms with Gasteiger partial charge in [-0.15, -0.1) is 0 Å². The van der Waals surface area contributed by atoms with Crippen LogP contribution < -0.4 is 16.4 Å². The molecule has 1 amide bonds. The van der Waals surface area contributed by atoms with E-state index in [1.165, 1.54) is 0 Å². The molecule has 7 nitrogen and oxygen atoms in total. The maximum atomic E-state index is 12.7. The second-order valence-electron chi connectivity index (χ2n) is 6.48. The van der Waals surface area contributed by atoms with Crippen molar-refractivity contribution >= 4 is 35.4 Å². The summed E-state index contributed by atoms with van der Waals surface area (Å²) in [6.45, 7) is 1.70. The molecule has 0 radical (unpaired) electrons. The van der Waals surface area contributed by atoms with E-state index in [-0.39, 0.29) is 18.1 Å². The van der Waals surface area contributed by atoms with Gasteiger partial charge < -0.3 is 21.2 Å². The topological polar surface area (TPSA) is 109 Å². The number of guanidine groups is 1. The van der Waals surface area contributed by atoms with E-state index in [4.69, 9.17) is 17.3 Å². The van der Waals surface area contributed by atoms with Crippen molar-refractivity contribution in [3.63, 3.8) is 0 Å². The molecule has 1 aromatic carbocycles. The third-order valence-electron chi connectivity index (χ3n) is 4.23. The van der Waals surface area contributed by atoms with Crippen LogP contribution in [0, 0.1) is 0 Å². The van der Waals surface area contributed by atoms with Crippen LogP contribution in [0.25, 0.3) is 0 Å². The van der Waals surface area contributed by atoms with Gasteiger partial charge in [0.2, 0.25) is 0 Å². The van der Waals surface area contributed by atoms with Gasteiger partial charge in [0, 0.05) is 25.4 Å². The number of hydrogen-bond acceptors (Lipinski definition) is 4. The minimum Gasteiger partial charge on any atom is -0.370 e. The van der Waals surface area contributed by atoms with E-state index in [2.05, 4.69) is 20.6 Å². The number of halogens is 4. The Morgan fingerprint density at radius 3 is 2.57 bits per heavy atom. The van der Waals surface area contributed by atoms with Crippen LogP contribution in [0.1, 0.15) is 35.0 Å². The van der Waals surface area contributed by atoms with E-state index in [1.54, 1.807) is 38.2 Å². The molecule has 1 atom stereocenters. The van der Waals surface area contributed by atoms with Gasteiger partial charge in [0.25, 0.3) is 5.91 Å². The average Bonchev–Trinajstić information content (AvgIpc) is 2.67. The number of carbonyl (C=O) groups excluding carboxylic acids is 2. The predicted molar refractivity (Wildman–Crippen MR) is 107 cm³/mol. The number of anilines is 1. The first-order chi connectivity index (χ1) is 14.0. The van der Waals surface area contributed by atoms with Crippen LogP contribution in [-0.4, -0.2) is 30.2 Å². The number of nitrogens with one attached hydrogen (secondary N) is 2. The molecule has 1 heterocycles. The molecule has 0 spiro atoms. The first-order valence-electron chi connectivity index (χ1n) is 8.61. The molecule has 4 N–H and O–H groups in total. The van der Waals surface area contributed by atoms with Gasteiger partial charge in [0.05, 0.1) is 16.1 Å². The summed E-state index contributed by atoms with van der Waals surface area (Å²) in [5.74, 6) is -0.671. The van der Waals surface area contributed by atoms with Crippen LogP contribution in [0.15, 0.2) is 41.5 Å². The van der Waals surface area contributed by atoms with Crippen LogP contribution in [-0.2, 0) is 16.5 Å². The molecule has 0 aliphatic rings. The Labute approximate surface area is 175 Å². The van der Waals surface area contributed by atoms with Crippen molar-refractivity contribution < 1.29 is 22.8 Å². The fourth-order valence-electron chi connectivity index (χ4n) is 2.59. The first-order valence-corrected chi connectivity index (χ1v) is 8.99. The van der Waals surface area contributed by atoms with Crippen LogP contribution in [0.4, 0.5) is 18.9 Å². The molecule has 0 fully saturated rings. The Bertz CT molecular complexity index is 981. The van der Waals surface area contributed by atoms with Gasteiger partial charge in [-0.25, -0.2) is 9.98 Å².